The standard InChI is InChI=1S/C13H21N3O3/c1-9-14-11(19-15-9)7-10-5-6-16(8-10)12(17)18-13(2,3)4/h10H,5-8H2,1-4H3/t10-/m1/s1. The van der Waals surface area contributed by atoms with Crippen LogP contribution in [0.5, 0.6) is 0 Å². The minimum absolute atomic E-state index is 0.239. The summed E-state index contributed by atoms with van der Waals surface area (Å²) in [6, 6.07) is 0. The monoisotopic (exact) mass is 267 g/mol. The molecule has 1 aliphatic heterocycles. The first-order chi connectivity index (χ1) is 8.83. The lowest BCUT2D eigenvalue weighted by Crippen LogP contribution is -2.35. The highest BCUT2D eigenvalue weighted by Crippen LogP contribution is 2.22. The molecule has 0 N–H and O–H groups in total. The van der Waals surface area contributed by atoms with E-state index in [1.807, 2.05) is 20.8 Å². The van der Waals surface area contributed by atoms with E-state index in [1.165, 1.54) is 0 Å². The zero-order chi connectivity index (χ0) is 14.0. The molecule has 0 bridgehead atoms. The van der Waals surface area contributed by atoms with Crippen molar-refractivity contribution in [3.05, 3.63) is 11.7 Å². The van der Waals surface area contributed by atoms with Crippen LogP contribution in [0.3, 0.4) is 0 Å². The van der Waals surface area contributed by atoms with Gasteiger partial charge in [-0.05, 0) is 40.0 Å². The lowest BCUT2D eigenvalue weighted by molar-refractivity contribution is 0.0287. The third-order valence-corrected chi connectivity index (χ3v) is 2.97. The molecule has 1 amide bonds. The van der Waals surface area contributed by atoms with Gasteiger partial charge in [-0.1, -0.05) is 5.16 Å². The number of rotatable bonds is 2. The Morgan fingerprint density at radius 2 is 2.26 bits per heavy atom. The van der Waals surface area contributed by atoms with Gasteiger partial charge in [0.1, 0.15) is 5.60 Å². The second-order valence-corrected chi connectivity index (χ2v) is 6.02. The van der Waals surface area contributed by atoms with Gasteiger partial charge in [0.25, 0.3) is 0 Å². The third-order valence-electron chi connectivity index (χ3n) is 2.97. The molecule has 6 heteroatoms. The van der Waals surface area contributed by atoms with Crippen LogP contribution in [-0.2, 0) is 11.2 Å². The first kappa shape index (κ1) is 13.8. The van der Waals surface area contributed by atoms with Gasteiger partial charge in [-0.3, -0.25) is 0 Å². The number of likely N-dealkylation sites (tertiary alicyclic amines) is 1. The molecular formula is C13H21N3O3. The summed E-state index contributed by atoms with van der Waals surface area (Å²) in [6.45, 7) is 8.84. The van der Waals surface area contributed by atoms with Crippen LogP contribution in [0.25, 0.3) is 0 Å². The number of carbonyl (C=O) groups is 1. The van der Waals surface area contributed by atoms with Crippen molar-refractivity contribution in [1.29, 1.82) is 0 Å². The first-order valence-corrected chi connectivity index (χ1v) is 6.60. The molecule has 1 aromatic heterocycles. The Balaban J connectivity index is 1.84. The fraction of sp³-hybridized carbons (Fsp3) is 0.769. The van der Waals surface area contributed by atoms with Crippen LogP contribution in [0.4, 0.5) is 4.79 Å². The molecule has 1 fully saturated rings. The Bertz CT molecular complexity index is 450. The van der Waals surface area contributed by atoms with Crippen molar-refractivity contribution < 1.29 is 14.1 Å². The fourth-order valence-electron chi connectivity index (χ4n) is 2.16. The molecule has 2 rings (SSSR count). The van der Waals surface area contributed by atoms with Crippen molar-refractivity contribution in [3.63, 3.8) is 0 Å². The summed E-state index contributed by atoms with van der Waals surface area (Å²) in [5.74, 6) is 1.66. The fourth-order valence-corrected chi connectivity index (χ4v) is 2.16. The Morgan fingerprint density at radius 1 is 1.53 bits per heavy atom. The Kier molecular flexibility index (Phi) is 3.78. The largest absolute Gasteiger partial charge is 0.444 e. The molecule has 1 aliphatic rings. The summed E-state index contributed by atoms with van der Waals surface area (Å²) < 4.78 is 10.5. The van der Waals surface area contributed by atoms with Crippen molar-refractivity contribution in [1.82, 2.24) is 15.0 Å². The predicted molar refractivity (Wildman–Crippen MR) is 68.7 cm³/mol. The van der Waals surface area contributed by atoms with Gasteiger partial charge in [-0.25, -0.2) is 4.79 Å². The number of hydrogen-bond acceptors (Lipinski definition) is 5. The maximum Gasteiger partial charge on any atom is 0.410 e. The van der Waals surface area contributed by atoms with E-state index in [0.29, 0.717) is 24.2 Å². The van der Waals surface area contributed by atoms with Gasteiger partial charge in [0.15, 0.2) is 5.82 Å². The summed E-state index contributed by atoms with van der Waals surface area (Å²) >= 11 is 0. The zero-order valence-electron chi connectivity index (χ0n) is 12.0. The number of aryl methyl sites for hydroxylation is 1. The van der Waals surface area contributed by atoms with E-state index < -0.39 is 5.60 Å². The quantitative estimate of drug-likeness (QED) is 0.821. The summed E-state index contributed by atoms with van der Waals surface area (Å²) in [7, 11) is 0. The molecule has 0 aliphatic carbocycles. The van der Waals surface area contributed by atoms with Crippen molar-refractivity contribution in [2.75, 3.05) is 13.1 Å². The Labute approximate surface area is 113 Å². The number of nitrogens with zero attached hydrogens (tertiary/aromatic N) is 3. The minimum Gasteiger partial charge on any atom is -0.444 e. The predicted octanol–water partition coefficient (Wildman–Crippen LogP) is 2.18. The van der Waals surface area contributed by atoms with E-state index >= 15 is 0 Å². The number of ether oxygens (including phenoxy) is 1. The minimum atomic E-state index is -0.446. The molecule has 1 atom stereocenters. The van der Waals surface area contributed by atoms with Crippen molar-refractivity contribution in [2.45, 2.75) is 46.1 Å². The zero-order valence-corrected chi connectivity index (χ0v) is 12.0. The van der Waals surface area contributed by atoms with Crippen LogP contribution in [-0.4, -0.2) is 39.8 Å². The molecule has 106 valence electrons. The molecule has 19 heavy (non-hydrogen) atoms. The van der Waals surface area contributed by atoms with Crippen molar-refractivity contribution in [2.24, 2.45) is 5.92 Å². The average Bonchev–Trinajstić information content (AvgIpc) is 2.86. The summed E-state index contributed by atoms with van der Waals surface area (Å²) in [6.07, 6.45) is 1.43. The van der Waals surface area contributed by atoms with Gasteiger partial charge in [0.05, 0.1) is 0 Å². The molecule has 1 aromatic rings. The number of amides is 1. The van der Waals surface area contributed by atoms with E-state index in [-0.39, 0.29) is 6.09 Å². The van der Waals surface area contributed by atoms with Gasteiger partial charge in [0.2, 0.25) is 5.89 Å². The van der Waals surface area contributed by atoms with Gasteiger partial charge < -0.3 is 14.2 Å². The maximum atomic E-state index is 11.9. The SMILES string of the molecule is Cc1noc(C[C@H]2CCN(C(=O)OC(C)(C)C)C2)n1. The third kappa shape index (κ3) is 3.94. The summed E-state index contributed by atoms with van der Waals surface area (Å²) in [5, 5.41) is 3.77. The van der Waals surface area contributed by atoms with Gasteiger partial charge in [-0.15, -0.1) is 0 Å². The number of carbonyl (C=O) groups excluding carboxylic acids is 1. The van der Waals surface area contributed by atoms with Gasteiger partial charge in [0, 0.05) is 19.5 Å². The Hall–Kier alpha value is -1.59. The molecule has 2 heterocycles. The highest BCUT2D eigenvalue weighted by molar-refractivity contribution is 5.68. The molecule has 0 radical (unpaired) electrons. The van der Waals surface area contributed by atoms with Crippen LogP contribution >= 0.6 is 0 Å². The van der Waals surface area contributed by atoms with Gasteiger partial charge >= 0.3 is 6.09 Å². The molecule has 0 aromatic carbocycles. The van der Waals surface area contributed by atoms with E-state index in [9.17, 15) is 4.79 Å². The molecule has 0 saturated carbocycles. The molecule has 1 saturated heterocycles. The lowest BCUT2D eigenvalue weighted by Gasteiger charge is -2.24. The van der Waals surface area contributed by atoms with Crippen LogP contribution in [0.1, 0.15) is 38.9 Å². The summed E-state index contributed by atoms with van der Waals surface area (Å²) in [4.78, 5) is 17.9. The van der Waals surface area contributed by atoms with E-state index in [1.54, 1.807) is 11.8 Å². The van der Waals surface area contributed by atoms with E-state index in [4.69, 9.17) is 9.26 Å². The highest BCUT2D eigenvalue weighted by atomic mass is 16.6. The summed E-state index contributed by atoms with van der Waals surface area (Å²) in [5.41, 5.74) is -0.446. The molecule has 0 unspecified atom stereocenters. The lowest BCUT2D eigenvalue weighted by atomic mass is 10.1. The maximum absolute atomic E-state index is 11.9. The molecule has 6 nitrogen and oxygen atoms in total. The van der Waals surface area contributed by atoms with E-state index in [0.717, 1.165) is 19.4 Å². The van der Waals surface area contributed by atoms with Gasteiger partial charge in [-0.2, -0.15) is 4.98 Å². The molecule has 0 spiro atoms. The van der Waals surface area contributed by atoms with Crippen molar-refractivity contribution in [3.8, 4) is 0 Å². The first-order valence-electron chi connectivity index (χ1n) is 6.60. The van der Waals surface area contributed by atoms with Crippen LogP contribution < -0.4 is 0 Å². The normalized spacial score (nSPS) is 19.8. The number of hydrogen-bond donors (Lipinski definition) is 0. The second-order valence-electron chi connectivity index (χ2n) is 6.02. The smallest absolute Gasteiger partial charge is 0.410 e. The van der Waals surface area contributed by atoms with Crippen LogP contribution in [0, 0.1) is 12.8 Å². The van der Waals surface area contributed by atoms with E-state index in [2.05, 4.69) is 10.1 Å². The number of aromatic nitrogens is 2. The van der Waals surface area contributed by atoms with Crippen molar-refractivity contribution >= 4 is 6.09 Å². The van der Waals surface area contributed by atoms with Crippen LogP contribution in [0.2, 0.25) is 0 Å². The average molecular weight is 267 g/mol. The van der Waals surface area contributed by atoms with Crippen LogP contribution in [0.15, 0.2) is 4.52 Å². The topological polar surface area (TPSA) is 68.5 Å². The molecular weight excluding hydrogens is 246 g/mol. The second kappa shape index (κ2) is 5.19. The Morgan fingerprint density at radius 3 is 2.84 bits per heavy atom. The highest BCUT2D eigenvalue weighted by Gasteiger charge is 2.30.